The van der Waals surface area contributed by atoms with E-state index >= 15 is 0 Å². The first-order valence-corrected chi connectivity index (χ1v) is 12.9. The van der Waals surface area contributed by atoms with Crippen molar-refractivity contribution in [3.05, 3.63) is 59.2 Å². The predicted octanol–water partition coefficient (Wildman–Crippen LogP) is 4.59. The van der Waals surface area contributed by atoms with Crippen molar-refractivity contribution in [2.75, 3.05) is 13.1 Å². The van der Waals surface area contributed by atoms with Gasteiger partial charge in [0.2, 0.25) is 10.0 Å². The second-order valence-electron chi connectivity index (χ2n) is 8.85. The lowest BCUT2D eigenvalue weighted by Gasteiger charge is -2.41. The van der Waals surface area contributed by atoms with Crippen LogP contribution in [0.15, 0.2) is 47.4 Å². The number of nitrogens with zero attached hydrogens (tertiary/aromatic N) is 1. The van der Waals surface area contributed by atoms with Crippen LogP contribution in [0.5, 0.6) is 5.75 Å². The molecule has 7 heteroatoms. The number of benzene rings is 2. The van der Waals surface area contributed by atoms with Gasteiger partial charge in [0.05, 0.1) is 10.9 Å². The molecule has 0 aliphatic carbocycles. The molecule has 0 bridgehead atoms. The lowest BCUT2D eigenvalue weighted by molar-refractivity contribution is 0.0227. The number of carbonyl (C=O) groups is 1. The number of aryl methyl sites for hydroxylation is 1. The Bertz CT molecular complexity index is 1100. The summed E-state index contributed by atoms with van der Waals surface area (Å²) in [6, 6.07) is 12.6. The maximum Gasteiger partial charge on any atom is 0.251 e. The van der Waals surface area contributed by atoms with Crippen molar-refractivity contribution in [1.29, 1.82) is 0 Å². The summed E-state index contributed by atoms with van der Waals surface area (Å²) in [4.78, 5) is 13.5. The Hall–Kier alpha value is -2.38. The highest BCUT2D eigenvalue weighted by molar-refractivity contribution is 7.89. The Kier molecular flexibility index (Phi) is 6.32. The van der Waals surface area contributed by atoms with Gasteiger partial charge in [0.1, 0.15) is 11.4 Å². The summed E-state index contributed by atoms with van der Waals surface area (Å²) in [5.74, 6) is 0.527. The summed E-state index contributed by atoms with van der Waals surface area (Å²) in [5, 5.41) is 3.16. The summed E-state index contributed by atoms with van der Waals surface area (Å²) in [5.41, 5.74) is 1.64. The van der Waals surface area contributed by atoms with Crippen LogP contribution in [0, 0.1) is 6.92 Å². The van der Waals surface area contributed by atoms with Gasteiger partial charge in [-0.1, -0.05) is 38.1 Å². The standard InChI is InChI=1S/C25H32N2O4S/c1-4-25(5-2)17-21(20-10-6-7-11-22(20)31-25)26-24(28)19-13-12-18(3)23(16-19)32(29,30)27-14-8-9-15-27/h6-7,10-13,16,21H,4-5,8-9,14-15,17H2,1-3H3,(H,26,28). The largest absolute Gasteiger partial charge is 0.487 e. The van der Waals surface area contributed by atoms with Gasteiger partial charge in [0.25, 0.3) is 5.91 Å². The first-order valence-electron chi connectivity index (χ1n) is 11.5. The predicted molar refractivity (Wildman–Crippen MR) is 124 cm³/mol. The highest BCUT2D eigenvalue weighted by Gasteiger charge is 2.39. The van der Waals surface area contributed by atoms with E-state index in [1.54, 1.807) is 19.1 Å². The molecule has 1 N–H and O–H groups in total. The Morgan fingerprint density at radius 1 is 1.12 bits per heavy atom. The SMILES string of the molecule is CCC1(CC)CC(NC(=O)c2ccc(C)c(S(=O)(=O)N3CCCC3)c2)c2ccccc2O1. The number of ether oxygens (including phenoxy) is 1. The van der Waals surface area contributed by atoms with E-state index in [0.717, 1.165) is 37.0 Å². The highest BCUT2D eigenvalue weighted by Crippen LogP contribution is 2.42. The molecular weight excluding hydrogens is 424 g/mol. The van der Waals surface area contributed by atoms with Crippen LogP contribution in [0.4, 0.5) is 0 Å². The van der Waals surface area contributed by atoms with Crippen LogP contribution >= 0.6 is 0 Å². The van der Waals surface area contributed by atoms with E-state index in [4.69, 9.17) is 4.74 Å². The Labute approximate surface area is 191 Å². The van der Waals surface area contributed by atoms with Gasteiger partial charge in [-0.3, -0.25) is 4.79 Å². The molecule has 0 saturated carbocycles. The van der Waals surface area contributed by atoms with Crippen LogP contribution in [0.2, 0.25) is 0 Å². The molecule has 2 aliphatic heterocycles. The Morgan fingerprint density at radius 3 is 2.50 bits per heavy atom. The van der Waals surface area contributed by atoms with Crippen LogP contribution in [0.3, 0.4) is 0 Å². The van der Waals surface area contributed by atoms with Crippen molar-refractivity contribution in [2.45, 2.75) is 69.4 Å². The second-order valence-corrected chi connectivity index (χ2v) is 10.8. The second kappa shape index (κ2) is 8.87. The van der Waals surface area contributed by atoms with Crippen molar-refractivity contribution in [1.82, 2.24) is 9.62 Å². The minimum atomic E-state index is -3.60. The van der Waals surface area contributed by atoms with Crippen LogP contribution in [-0.4, -0.2) is 37.3 Å². The zero-order chi connectivity index (χ0) is 22.9. The average Bonchev–Trinajstić information content (AvgIpc) is 3.35. The van der Waals surface area contributed by atoms with Gasteiger partial charge in [-0.15, -0.1) is 0 Å². The number of hydrogen-bond donors (Lipinski definition) is 1. The molecule has 2 aromatic rings. The fourth-order valence-corrected chi connectivity index (χ4v) is 6.53. The Morgan fingerprint density at radius 2 is 1.81 bits per heavy atom. The number of rotatable bonds is 6. The van der Waals surface area contributed by atoms with Gasteiger partial charge in [0, 0.05) is 30.6 Å². The van der Waals surface area contributed by atoms with E-state index in [1.807, 2.05) is 24.3 Å². The molecule has 6 nitrogen and oxygen atoms in total. The molecule has 0 spiro atoms. The summed E-state index contributed by atoms with van der Waals surface area (Å²) < 4.78 is 34.1. The van der Waals surface area contributed by atoms with E-state index in [9.17, 15) is 13.2 Å². The molecule has 2 aliphatic rings. The van der Waals surface area contributed by atoms with Crippen LogP contribution < -0.4 is 10.1 Å². The average molecular weight is 457 g/mol. The summed E-state index contributed by atoms with van der Waals surface area (Å²) in [7, 11) is -3.60. The molecule has 2 aromatic carbocycles. The van der Waals surface area contributed by atoms with E-state index in [2.05, 4.69) is 19.2 Å². The first kappa shape index (κ1) is 22.8. The third-order valence-corrected chi connectivity index (χ3v) is 8.96. The lowest BCUT2D eigenvalue weighted by Crippen LogP contribution is -2.44. The zero-order valence-electron chi connectivity index (χ0n) is 19.1. The van der Waals surface area contributed by atoms with Gasteiger partial charge < -0.3 is 10.1 Å². The maximum atomic E-state index is 13.3. The van der Waals surface area contributed by atoms with Gasteiger partial charge in [-0.05, 0) is 56.4 Å². The van der Waals surface area contributed by atoms with E-state index in [0.29, 0.717) is 30.6 Å². The molecule has 1 unspecified atom stereocenters. The number of carbonyl (C=O) groups excluding carboxylic acids is 1. The molecular formula is C25H32N2O4S. The van der Waals surface area contributed by atoms with E-state index in [1.165, 1.54) is 10.4 Å². The quantitative estimate of drug-likeness (QED) is 0.690. The molecule has 4 rings (SSSR count). The Balaban J connectivity index is 1.63. The minimum Gasteiger partial charge on any atom is -0.487 e. The van der Waals surface area contributed by atoms with Gasteiger partial charge in [-0.25, -0.2) is 8.42 Å². The van der Waals surface area contributed by atoms with Gasteiger partial charge >= 0.3 is 0 Å². The van der Waals surface area contributed by atoms with Gasteiger partial charge in [-0.2, -0.15) is 4.31 Å². The number of amides is 1. The molecule has 172 valence electrons. The van der Waals surface area contributed by atoms with Crippen molar-refractivity contribution in [2.24, 2.45) is 0 Å². The molecule has 1 saturated heterocycles. The van der Waals surface area contributed by atoms with Crippen LogP contribution in [-0.2, 0) is 10.0 Å². The van der Waals surface area contributed by atoms with Crippen molar-refractivity contribution in [3.8, 4) is 5.75 Å². The number of hydrogen-bond acceptors (Lipinski definition) is 4. The van der Waals surface area contributed by atoms with Crippen molar-refractivity contribution in [3.63, 3.8) is 0 Å². The number of nitrogens with one attached hydrogen (secondary N) is 1. The smallest absolute Gasteiger partial charge is 0.251 e. The molecule has 32 heavy (non-hydrogen) atoms. The maximum absolute atomic E-state index is 13.3. The fraction of sp³-hybridized carbons (Fsp3) is 0.480. The molecule has 0 radical (unpaired) electrons. The third kappa shape index (κ3) is 4.16. The van der Waals surface area contributed by atoms with Crippen LogP contribution in [0.1, 0.15) is 73.5 Å². The molecule has 1 amide bonds. The number of sulfonamides is 1. The van der Waals surface area contributed by atoms with Crippen molar-refractivity contribution >= 4 is 15.9 Å². The minimum absolute atomic E-state index is 0.202. The highest BCUT2D eigenvalue weighted by atomic mass is 32.2. The summed E-state index contributed by atoms with van der Waals surface area (Å²) in [6.07, 6.45) is 4.10. The summed E-state index contributed by atoms with van der Waals surface area (Å²) >= 11 is 0. The molecule has 1 atom stereocenters. The lowest BCUT2D eigenvalue weighted by atomic mass is 9.83. The third-order valence-electron chi connectivity index (χ3n) is 6.92. The normalized spacial score (nSPS) is 20.4. The molecule has 2 heterocycles. The molecule has 0 aromatic heterocycles. The summed E-state index contributed by atoms with van der Waals surface area (Å²) in [6.45, 7) is 7.05. The molecule has 1 fully saturated rings. The topological polar surface area (TPSA) is 75.7 Å². The first-order chi connectivity index (χ1) is 15.3. The number of para-hydroxylation sites is 1. The van der Waals surface area contributed by atoms with Crippen LogP contribution in [0.25, 0.3) is 0 Å². The van der Waals surface area contributed by atoms with Gasteiger partial charge in [0.15, 0.2) is 0 Å². The van der Waals surface area contributed by atoms with Crippen molar-refractivity contribution < 1.29 is 17.9 Å². The van der Waals surface area contributed by atoms with E-state index < -0.39 is 10.0 Å². The fourth-order valence-electron chi connectivity index (χ4n) is 4.76. The monoisotopic (exact) mass is 456 g/mol. The zero-order valence-corrected chi connectivity index (χ0v) is 19.9. The van der Waals surface area contributed by atoms with E-state index in [-0.39, 0.29) is 22.4 Å². The number of fused-ring (bicyclic) bond motifs is 1.